The molecule has 0 aromatic heterocycles. The summed E-state index contributed by atoms with van der Waals surface area (Å²) in [5.41, 5.74) is 2.79. The number of piperidine rings is 1. The van der Waals surface area contributed by atoms with Gasteiger partial charge in [0.05, 0.1) is 14.2 Å². The van der Waals surface area contributed by atoms with E-state index in [9.17, 15) is 0 Å². The van der Waals surface area contributed by atoms with E-state index < -0.39 is 0 Å². The SMILES string of the molecule is COc1ccc(CCNC2(Cc3ccccc3)CC(C)N(C)CC2C)cc1OC. The zero-order chi connectivity index (χ0) is 20.9. The van der Waals surface area contributed by atoms with Crippen molar-refractivity contribution in [2.24, 2.45) is 5.92 Å². The molecule has 1 N–H and O–H groups in total. The fraction of sp³-hybridized carbons (Fsp3) is 0.520. The van der Waals surface area contributed by atoms with Crippen LogP contribution in [0.5, 0.6) is 11.5 Å². The highest BCUT2D eigenvalue weighted by Gasteiger charge is 2.42. The van der Waals surface area contributed by atoms with Crippen molar-refractivity contribution in [3.8, 4) is 11.5 Å². The molecule has 1 aliphatic heterocycles. The highest BCUT2D eigenvalue weighted by Crippen LogP contribution is 2.34. The summed E-state index contributed by atoms with van der Waals surface area (Å²) in [7, 11) is 5.61. The number of rotatable bonds is 8. The summed E-state index contributed by atoms with van der Waals surface area (Å²) in [6.07, 6.45) is 3.19. The van der Waals surface area contributed by atoms with Crippen molar-refractivity contribution in [2.45, 2.75) is 44.7 Å². The maximum atomic E-state index is 5.46. The van der Waals surface area contributed by atoms with E-state index in [-0.39, 0.29) is 5.54 Å². The van der Waals surface area contributed by atoms with Gasteiger partial charge in [-0.15, -0.1) is 0 Å². The number of nitrogens with one attached hydrogen (secondary N) is 1. The van der Waals surface area contributed by atoms with Gasteiger partial charge in [0.2, 0.25) is 0 Å². The number of ether oxygens (including phenoxy) is 2. The van der Waals surface area contributed by atoms with Gasteiger partial charge < -0.3 is 19.7 Å². The molecule has 1 saturated heterocycles. The molecule has 0 aliphatic carbocycles. The van der Waals surface area contributed by atoms with Crippen LogP contribution < -0.4 is 14.8 Å². The molecule has 0 bridgehead atoms. The predicted octanol–water partition coefficient (Wildman–Crippen LogP) is 4.18. The molecule has 2 aromatic carbocycles. The quantitative estimate of drug-likeness (QED) is 0.726. The maximum Gasteiger partial charge on any atom is 0.160 e. The molecule has 1 aliphatic rings. The lowest BCUT2D eigenvalue weighted by molar-refractivity contribution is 0.0547. The summed E-state index contributed by atoms with van der Waals surface area (Å²) in [6, 6.07) is 17.7. The fourth-order valence-electron chi connectivity index (χ4n) is 4.68. The Morgan fingerprint density at radius 1 is 1.00 bits per heavy atom. The van der Waals surface area contributed by atoms with Crippen LogP contribution in [0.4, 0.5) is 0 Å². The van der Waals surface area contributed by atoms with Crippen molar-refractivity contribution >= 4 is 0 Å². The molecule has 3 atom stereocenters. The van der Waals surface area contributed by atoms with E-state index >= 15 is 0 Å². The number of hydrogen-bond acceptors (Lipinski definition) is 4. The van der Waals surface area contributed by atoms with E-state index in [1.165, 1.54) is 11.1 Å². The van der Waals surface area contributed by atoms with E-state index in [4.69, 9.17) is 9.47 Å². The highest BCUT2D eigenvalue weighted by atomic mass is 16.5. The number of methoxy groups -OCH3 is 2. The number of hydrogen-bond donors (Lipinski definition) is 1. The summed E-state index contributed by atoms with van der Waals surface area (Å²) in [4.78, 5) is 2.49. The van der Waals surface area contributed by atoms with Crippen molar-refractivity contribution in [3.05, 3.63) is 59.7 Å². The maximum absolute atomic E-state index is 5.46. The second-order valence-corrected chi connectivity index (χ2v) is 8.58. The van der Waals surface area contributed by atoms with Crippen LogP contribution in [0.25, 0.3) is 0 Å². The Balaban J connectivity index is 1.74. The Hall–Kier alpha value is -2.04. The van der Waals surface area contributed by atoms with Crippen molar-refractivity contribution in [2.75, 3.05) is 34.4 Å². The second kappa shape index (κ2) is 9.64. The molecule has 0 radical (unpaired) electrons. The van der Waals surface area contributed by atoms with Gasteiger partial charge >= 0.3 is 0 Å². The summed E-state index contributed by atoms with van der Waals surface area (Å²) in [5, 5.41) is 4.00. The van der Waals surface area contributed by atoms with Crippen molar-refractivity contribution in [1.29, 1.82) is 0 Å². The van der Waals surface area contributed by atoms with Crippen LogP contribution in [0, 0.1) is 5.92 Å². The lowest BCUT2D eigenvalue weighted by atomic mass is 9.72. The number of likely N-dealkylation sites (tertiary alicyclic amines) is 1. The van der Waals surface area contributed by atoms with Crippen LogP contribution in [0.3, 0.4) is 0 Å². The Kier molecular flexibility index (Phi) is 7.20. The van der Waals surface area contributed by atoms with E-state index in [1.807, 2.05) is 6.07 Å². The van der Waals surface area contributed by atoms with Crippen LogP contribution in [-0.4, -0.2) is 50.8 Å². The molecule has 1 fully saturated rings. The Bertz CT molecular complexity index is 780. The molecule has 3 unspecified atom stereocenters. The molecule has 2 aromatic rings. The van der Waals surface area contributed by atoms with Crippen LogP contribution in [0.2, 0.25) is 0 Å². The van der Waals surface area contributed by atoms with Crippen molar-refractivity contribution in [1.82, 2.24) is 10.2 Å². The molecule has 4 heteroatoms. The Morgan fingerprint density at radius 3 is 2.41 bits per heavy atom. The number of nitrogens with zero attached hydrogens (tertiary/aromatic N) is 1. The lowest BCUT2D eigenvalue weighted by Gasteiger charge is -2.50. The Labute approximate surface area is 176 Å². The largest absolute Gasteiger partial charge is 0.493 e. The Morgan fingerprint density at radius 2 is 1.72 bits per heavy atom. The minimum atomic E-state index is 0.115. The van der Waals surface area contributed by atoms with E-state index in [2.05, 4.69) is 73.6 Å². The van der Waals surface area contributed by atoms with Crippen LogP contribution in [-0.2, 0) is 12.8 Å². The van der Waals surface area contributed by atoms with Crippen molar-refractivity contribution < 1.29 is 9.47 Å². The average Bonchev–Trinajstić information content (AvgIpc) is 2.73. The van der Waals surface area contributed by atoms with E-state index in [1.54, 1.807) is 14.2 Å². The first-order valence-electron chi connectivity index (χ1n) is 10.7. The predicted molar refractivity (Wildman–Crippen MR) is 120 cm³/mol. The third-order valence-corrected chi connectivity index (χ3v) is 6.62. The van der Waals surface area contributed by atoms with Gasteiger partial charge in [-0.3, -0.25) is 0 Å². The third kappa shape index (κ3) is 5.12. The molecule has 0 amide bonds. The van der Waals surface area contributed by atoms with Gasteiger partial charge in [-0.2, -0.15) is 0 Å². The third-order valence-electron chi connectivity index (χ3n) is 6.62. The second-order valence-electron chi connectivity index (χ2n) is 8.58. The average molecular weight is 397 g/mol. The van der Waals surface area contributed by atoms with Gasteiger partial charge in [-0.1, -0.05) is 43.3 Å². The molecule has 0 spiro atoms. The molecule has 0 saturated carbocycles. The first-order valence-corrected chi connectivity index (χ1v) is 10.7. The zero-order valence-corrected chi connectivity index (χ0v) is 18.6. The van der Waals surface area contributed by atoms with Crippen LogP contribution in [0.15, 0.2) is 48.5 Å². The van der Waals surface area contributed by atoms with Gasteiger partial charge in [-0.05, 0) is 69.0 Å². The van der Waals surface area contributed by atoms with E-state index in [0.29, 0.717) is 12.0 Å². The molecular formula is C25H36N2O2. The molecule has 1 heterocycles. The topological polar surface area (TPSA) is 33.7 Å². The molecule has 158 valence electrons. The van der Waals surface area contributed by atoms with Gasteiger partial charge in [0.1, 0.15) is 0 Å². The smallest absolute Gasteiger partial charge is 0.160 e. The number of benzene rings is 2. The molecule has 29 heavy (non-hydrogen) atoms. The molecule has 4 nitrogen and oxygen atoms in total. The monoisotopic (exact) mass is 396 g/mol. The van der Waals surface area contributed by atoms with Crippen LogP contribution in [0.1, 0.15) is 31.4 Å². The van der Waals surface area contributed by atoms with Crippen molar-refractivity contribution in [3.63, 3.8) is 0 Å². The first-order chi connectivity index (χ1) is 14.0. The fourth-order valence-corrected chi connectivity index (χ4v) is 4.68. The van der Waals surface area contributed by atoms with Gasteiger partial charge in [0.15, 0.2) is 11.5 Å². The summed E-state index contributed by atoms with van der Waals surface area (Å²) in [6.45, 7) is 6.82. The minimum Gasteiger partial charge on any atom is -0.493 e. The zero-order valence-electron chi connectivity index (χ0n) is 18.6. The highest BCUT2D eigenvalue weighted by molar-refractivity contribution is 5.43. The van der Waals surface area contributed by atoms with Gasteiger partial charge in [0, 0.05) is 18.1 Å². The summed E-state index contributed by atoms with van der Waals surface area (Å²) in [5.74, 6) is 2.15. The first kappa shape index (κ1) is 21.7. The van der Waals surface area contributed by atoms with Crippen LogP contribution >= 0.6 is 0 Å². The lowest BCUT2D eigenvalue weighted by Crippen LogP contribution is -2.62. The summed E-state index contributed by atoms with van der Waals surface area (Å²) < 4.78 is 10.8. The standard InChI is InChI=1S/C25H36N2O2/c1-19-18-27(3)20(2)16-25(19,17-22-9-7-6-8-10-22)26-14-13-21-11-12-23(28-4)24(15-21)29-5/h6-12,15,19-20,26H,13-14,16-18H2,1-5H3. The molecule has 3 rings (SSSR count). The van der Waals surface area contributed by atoms with E-state index in [0.717, 1.165) is 43.9 Å². The molecular weight excluding hydrogens is 360 g/mol. The normalized spacial score (nSPS) is 25.0. The minimum absolute atomic E-state index is 0.115. The van der Waals surface area contributed by atoms with Gasteiger partial charge in [-0.25, -0.2) is 0 Å². The summed E-state index contributed by atoms with van der Waals surface area (Å²) >= 11 is 0. The van der Waals surface area contributed by atoms with Gasteiger partial charge in [0.25, 0.3) is 0 Å².